The normalized spacial score (nSPS) is 21.6. The van der Waals surface area contributed by atoms with Gasteiger partial charge in [0.15, 0.2) is 0 Å². The largest absolute Gasteiger partial charge is 0.396 e. The Morgan fingerprint density at radius 2 is 1.41 bits per heavy atom. The highest BCUT2D eigenvalue weighted by atomic mass is 32.2. The molecule has 1 heterocycles. The van der Waals surface area contributed by atoms with Crippen molar-refractivity contribution >= 4 is 20.2 Å². The highest BCUT2D eigenvalue weighted by molar-refractivity contribution is 7.86. The topological polar surface area (TPSA) is 152 Å². The lowest BCUT2D eigenvalue weighted by atomic mass is 9.91. The zero-order chi connectivity index (χ0) is 17.0. The summed E-state index contributed by atoms with van der Waals surface area (Å²) in [5.74, 6) is -0.394. The molecule has 4 N–H and O–H groups in total. The quantitative estimate of drug-likeness (QED) is 0.396. The highest BCUT2D eigenvalue weighted by Crippen LogP contribution is 2.28. The molecule has 2 unspecified atom stereocenters. The Morgan fingerprint density at radius 3 is 1.77 bits per heavy atom. The van der Waals surface area contributed by atoms with Crippen LogP contribution in [-0.2, 0) is 20.2 Å². The molecule has 22 heavy (non-hydrogen) atoms. The molecule has 2 atom stereocenters. The summed E-state index contributed by atoms with van der Waals surface area (Å²) in [6.07, 6.45) is 0.396. The molecule has 132 valence electrons. The minimum atomic E-state index is -4.34. The first-order valence-corrected chi connectivity index (χ1v) is 10.00. The van der Waals surface area contributed by atoms with Crippen LogP contribution in [-0.4, -0.2) is 78.0 Å². The van der Waals surface area contributed by atoms with Gasteiger partial charge < -0.3 is 10.2 Å². The number of rotatable bonds is 8. The predicted molar refractivity (Wildman–Crippen MR) is 78.4 cm³/mol. The molecule has 0 aliphatic carbocycles. The fourth-order valence-corrected chi connectivity index (χ4v) is 5.12. The SMILES string of the molecule is O=S(=O)(O)C(CCO)C1CCN(C(CCO)S(=O)(=O)O)CC1. The van der Waals surface area contributed by atoms with E-state index >= 15 is 0 Å². The third-order valence-electron chi connectivity index (χ3n) is 4.02. The van der Waals surface area contributed by atoms with Crippen LogP contribution in [0.4, 0.5) is 0 Å². The highest BCUT2D eigenvalue weighted by Gasteiger charge is 2.37. The number of aliphatic hydroxyl groups is 2. The maximum Gasteiger partial charge on any atom is 0.281 e. The summed E-state index contributed by atoms with van der Waals surface area (Å²) in [6, 6.07) is 0. The van der Waals surface area contributed by atoms with E-state index < -0.39 is 43.4 Å². The molecular weight excluding hydrogens is 338 g/mol. The molecule has 0 radical (unpaired) electrons. The molecule has 1 saturated heterocycles. The average molecular weight is 361 g/mol. The average Bonchev–Trinajstić information content (AvgIpc) is 2.40. The zero-order valence-corrected chi connectivity index (χ0v) is 13.7. The lowest BCUT2D eigenvalue weighted by Gasteiger charge is -2.37. The Labute approximate surface area is 130 Å². The molecule has 1 aliphatic heterocycles. The lowest BCUT2D eigenvalue weighted by molar-refractivity contribution is 0.134. The van der Waals surface area contributed by atoms with Gasteiger partial charge in [0.2, 0.25) is 0 Å². The second-order valence-corrected chi connectivity index (χ2v) is 8.63. The van der Waals surface area contributed by atoms with Gasteiger partial charge in [-0.15, -0.1) is 0 Å². The molecule has 0 aromatic carbocycles. The molecule has 1 fully saturated rings. The first-order valence-electron chi connectivity index (χ1n) is 6.99. The van der Waals surface area contributed by atoms with Gasteiger partial charge in [-0.25, -0.2) is 0 Å². The van der Waals surface area contributed by atoms with Gasteiger partial charge in [-0.1, -0.05) is 0 Å². The molecule has 0 saturated carbocycles. The van der Waals surface area contributed by atoms with Crippen LogP contribution in [0.5, 0.6) is 0 Å². The summed E-state index contributed by atoms with van der Waals surface area (Å²) in [5, 5.41) is 15.5. The van der Waals surface area contributed by atoms with E-state index in [2.05, 4.69) is 0 Å². The van der Waals surface area contributed by atoms with Gasteiger partial charge in [-0.3, -0.25) is 14.0 Å². The van der Waals surface area contributed by atoms with Gasteiger partial charge in [0.25, 0.3) is 20.2 Å². The van der Waals surface area contributed by atoms with Crippen molar-refractivity contribution in [3.8, 4) is 0 Å². The molecule has 0 amide bonds. The minimum absolute atomic E-state index is 0.0815. The number of hydrogen-bond acceptors (Lipinski definition) is 7. The third kappa shape index (κ3) is 5.41. The Hall–Kier alpha value is -0.300. The second-order valence-electron chi connectivity index (χ2n) is 5.42. The zero-order valence-electron chi connectivity index (χ0n) is 12.1. The van der Waals surface area contributed by atoms with Gasteiger partial charge in [0.1, 0.15) is 5.37 Å². The van der Waals surface area contributed by atoms with E-state index in [1.54, 1.807) is 0 Å². The van der Waals surface area contributed by atoms with Gasteiger partial charge in [0.05, 0.1) is 5.25 Å². The molecule has 0 bridgehead atoms. The van der Waals surface area contributed by atoms with Crippen molar-refractivity contribution in [1.29, 1.82) is 0 Å². The predicted octanol–water partition coefficient (Wildman–Crippen LogP) is -1.07. The summed E-state index contributed by atoms with van der Waals surface area (Å²) < 4.78 is 63.8. The molecule has 0 aromatic rings. The van der Waals surface area contributed by atoms with E-state index in [9.17, 15) is 25.9 Å². The van der Waals surface area contributed by atoms with E-state index in [1.165, 1.54) is 4.90 Å². The van der Waals surface area contributed by atoms with Crippen LogP contribution in [0, 0.1) is 5.92 Å². The fourth-order valence-electron chi connectivity index (χ4n) is 2.96. The Morgan fingerprint density at radius 1 is 0.909 bits per heavy atom. The van der Waals surface area contributed by atoms with Crippen LogP contribution in [0.3, 0.4) is 0 Å². The maximum atomic E-state index is 11.4. The van der Waals surface area contributed by atoms with Crippen LogP contribution in [0.25, 0.3) is 0 Å². The molecular formula is C11H23NO8S2. The van der Waals surface area contributed by atoms with Gasteiger partial charge in [0, 0.05) is 19.6 Å². The van der Waals surface area contributed by atoms with Crippen molar-refractivity contribution in [2.24, 2.45) is 5.92 Å². The fraction of sp³-hybridized carbons (Fsp3) is 1.00. The molecule has 11 heteroatoms. The molecule has 0 aromatic heterocycles. The van der Waals surface area contributed by atoms with Gasteiger partial charge in [-0.2, -0.15) is 16.8 Å². The van der Waals surface area contributed by atoms with Crippen LogP contribution < -0.4 is 0 Å². The van der Waals surface area contributed by atoms with Crippen molar-refractivity contribution in [1.82, 2.24) is 4.90 Å². The number of nitrogens with zero attached hydrogens (tertiary/aromatic N) is 1. The van der Waals surface area contributed by atoms with Crippen LogP contribution in [0.15, 0.2) is 0 Å². The van der Waals surface area contributed by atoms with Crippen molar-refractivity contribution in [2.45, 2.75) is 36.3 Å². The number of piperidine rings is 1. The maximum absolute atomic E-state index is 11.4. The summed E-state index contributed by atoms with van der Waals surface area (Å²) >= 11 is 0. The Bertz CT molecular complexity index is 488. The van der Waals surface area contributed by atoms with Crippen molar-refractivity contribution in [3.63, 3.8) is 0 Å². The summed E-state index contributed by atoms with van der Waals surface area (Å²) in [4.78, 5) is 1.47. The van der Waals surface area contributed by atoms with Crippen molar-refractivity contribution in [3.05, 3.63) is 0 Å². The minimum Gasteiger partial charge on any atom is -0.396 e. The standard InChI is InChI=1S/C11H23NO8S2/c13-7-3-10(21(15,16)17)9-1-5-12(6-2-9)11(4-8-14)22(18,19)20/h9-11,13-14H,1-8H2,(H,15,16,17)(H,18,19,20). The smallest absolute Gasteiger partial charge is 0.281 e. The molecule has 1 aliphatic rings. The number of likely N-dealkylation sites (tertiary alicyclic amines) is 1. The number of hydrogen-bond donors (Lipinski definition) is 4. The van der Waals surface area contributed by atoms with E-state index in [0.717, 1.165) is 0 Å². The van der Waals surface area contributed by atoms with E-state index in [4.69, 9.17) is 10.2 Å². The molecule has 9 nitrogen and oxygen atoms in total. The van der Waals surface area contributed by atoms with Crippen molar-refractivity contribution < 1.29 is 36.2 Å². The Balaban J connectivity index is 2.76. The second kappa shape index (κ2) is 7.99. The summed E-state index contributed by atoms with van der Waals surface area (Å²) in [6.45, 7) is -0.343. The van der Waals surface area contributed by atoms with E-state index in [1.807, 2.05) is 0 Å². The monoisotopic (exact) mass is 361 g/mol. The van der Waals surface area contributed by atoms with Gasteiger partial charge in [-0.05, 0) is 38.3 Å². The van der Waals surface area contributed by atoms with E-state index in [0.29, 0.717) is 12.8 Å². The first kappa shape index (κ1) is 19.7. The third-order valence-corrected chi connectivity index (χ3v) is 6.63. The summed E-state index contributed by atoms with van der Waals surface area (Å²) in [5.41, 5.74) is 0. The Kier molecular flexibility index (Phi) is 7.18. The molecule has 0 spiro atoms. The van der Waals surface area contributed by atoms with Crippen LogP contribution >= 0.6 is 0 Å². The number of aliphatic hydroxyl groups excluding tert-OH is 2. The first-order chi connectivity index (χ1) is 10.1. The summed E-state index contributed by atoms with van der Waals surface area (Å²) in [7, 11) is -8.63. The van der Waals surface area contributed by atoms with E-state index in [-0.39, 0.29) is 32.5 Å². The van der Waals surface area contributed by atoms with Gasteiger partial charge >= 0.3 is 0 Å². The molecule has 1 rings (SSSR count). The lowest BCUT2D eigenvalue weighted by Crippen LogP contribution is -2.48. The van der Waals surface area contributed by atoms with Crippen LogP contribution in [0.1, 0.15) is 25.7 Å². The van der Waals surface area contributed by atoms with Crippen molar-refractivity contribution in [2.75, 3.05) is 26.3 Å². The van der Waals surface area contributed by atoms with Crippen LogP contribution in [0.2, 0.25) is 0 Å².